The molecule has 0 fully saturated rings. The van der Waals surface area contributed by atoms with E-state index in [2.05, 4.69) is 0 Å². The van der Waals surface area contributed by atoms with Crippen molar-refractivity contribution in [1.82, 2.24) is 0 Å². The largest absolute Gasteiger partial charge is 0.335 e. The van der Waals surface area contributed by atoms with E-state index in [1.165, 1.54) is 0 Å². The van der Waals surface area contributed by atoms with E-state index in [0.29, 0.717) is 0 Å². The third-order valence-corrected chi connectivity index (χ3v) is 1.06. The van der Waals surface area contributed by atoms with Crippen molar-refractivity contribution in [2.24, 2.45) is 0 Å². The molecule has 0 atom stereocenters. The summed E-state index contributed by atoms with van der Waals surface area (Å²) in [4.78, 5) is 0. The van der Waals surface area contributed by atoms with Gasteiger partial charge < -0.3 is 0 Å². The highest BCUT2D eigenvalue weighted by Crippen LogP contribution is 2.16. The molecule has 0 aliphatic carbocycles. The molecule has 0 aliphatic rings. The van der Waals surface area contributed by atoms with Crippen LogP contribution in [0.5, 0.6) is 0 Å². The van der Waals surface area contributed by atoms with Crippen molar-refractivity contribution < 1.29 is 30.4 Å². The van der Waals surface area contributed by atoms with Crippen LogP contribution in [-0.2, 0) is 11.6 Å². The normalized spacial score (nSPS) is 8.93. The van der Waals surface area contributed by atoms with Crippen LogP contribution in [0.2, 0.25) is 0 Å². The van der Waals surface area contributed by atoms with Crippen molar-refractivity contribution in [3.8, 4) is 0 Å². The molecule has 8 heteroatoms. The van der Waals surface area contributed by atoms with E-state index >= 15 is 0 Å². The van der Waals surface area contributed by atoms with Crippen molar-refractivity contribution in [3.63, 3.8) is 0 Å². The minimum absolute atomic E-state index is 0.0618. The highest BCUT2D eigenvalue weighted by atomic mass is 32.1. The van der Waals surface area contributed by atoms with Gasteiger partial charge in [0.15, 0.2) is 23.3 Å². The van der Waals surface area contributed by atoms with Crippen LogP contribution in [0.3, 0.4) is 0 Å². The molecule has 0 spiro atoms. The molecule has 0 saturated heterocycles. The smallest absolute Gasteiger partial charge is 0.204 e. The van der Waals surface area contributed by atoms with Gasteiger partial charge in [-0.25, -0.2) is 22.0 Å². The Balaban J connectivity index is 0.000000500. The van der Waals surface area contributed by atoms with Crippen LogP contribution < -0.4 is 0 Å². The molecule has 0 heterocycles. The van der Waals surface area contributed by atoms with E-state index in [0.717, 1.165) is 0 Å². The lowest BCUT2D eigenvalue weighted by Gasteiger charge is -1.96. The Bertz CT molecular complexity index is 349. The molecule has 0 unspecified atom stereocenters. The fourth-order valence-corrected chi connectivity index (χ4v) is 0.544. The van der Waals surface area contributed by atoms with Crippen molar-refractivity contribution in [2.75, 3.05) is 0 Å². The van der Waals surface area contributed by atoms with Gasteiger partial charge in [0.25, 0.3) is 0 Å². The number of halogens is 5. The van der Waals surface area contributed by atoms with Gasteiger partial charge in [-0.05, 0) is 0 Å². The quantitative estimate of drug-likeness (QED) is 0.387. The van der Waals surface area contributed by atoms with Crippen molar-refractivity contribution in [3.05, 3.63) is 35.2 Å². The summed E-state index contributed by atoms with van der Waals surface area (Å²) in [6, 6.07) is -0.0618. The first kappa shape index (κ1) is 12.7. The summed E-state index contributed by atoms with van der Waals surface area (Å²) < 4.78 is 76.6. The Hall–Kier alpha value is -1.31. The van der Waals surface area contributed by atoms with Gasteiger partial charge in [0, 0.05) is 6.07 Å². The lowest BCUT2D eigenvalue weighted by molar-refractivity contribution is 0.378. The van der Waals surface area contributed by atoms with Crippen LogP contribution in [0.25, 0.3) is 0 Å². The fraction of sp³-hybridized carbons (Fsp3) is 0. The maximum Gasteiger partial charge on any atom is 0.335 e. The van der Waals surface area contributed by atoms with Gasteiger partial charge >= 0.3 is 11.6 Å². The number of hydrogen-bond acceptors (Lipinski definition) is 2. The Morgan fingerprint density at radius 3 is 1.36 bits per heavy atom. The standard InChI is InChI=1S/C6HF5.O2S/c7-2-1-3(8)5(10)6(11)4(2)9;1-3-2/h1H;. The van der Waals surface area contributed by atoms with Crippen LogP contribution in [0.1, 0.15) is 0 Å². The van der Waals surface area contributed by atoms with Crippen molar-refractivity contribution in [1.29, 1.82) is 0 Å². The van der Waals surface area contributed by atoms with Crippen LogP contribution in [0, 0.1) is 29.1 Å². The van der Waals surface area contributed by atoms with Crippen molar-refractivity contribution in [2.45, 2.75) is 0 Å². The SMILES string of the molecule is Fc1cc(F)c(F)c(F)c1F.O=S=O. The first-order valence-electron chi connectivity index (χ1n) is 2.86. The second-order valence-electron chi connectivity index (χ2n) is 1.85. The molecular formula is C6HF5O2S. The monoisotopic (exact) mass is 232 g/mol. The van der Waals surface area contributed by atoms with Gasteiger partial charge in [0.2, 0.25) is 5.82 Å². The third-order valence-electron chi connectivity index (χ3n) is 1.06. The summed E-state index contributed by atoms with van der Waals surface area (Å²) in [6.07, 6.45) is 0. The fourth-order valence-electron chi connectivity index (χ4n) is 0.544. The van der Waals surface area contributed by atoms with E-state index < -0.39 is 40.7 Å². The Morgan fingerprint density at radius 2 is 1.07 bits per heavy atom. The number of hydrogen-bond donors (Lipinski definition) is 0. The lowest BCUT2D eigenvalue weighted by Crippen LogP contribution is -1.98. The highest BCUT2D eigenvalue weighted by molar-refractivity contribution is 7.51. The Kier molecular flexibility index (Phi) is 4.92. The molecule has 14 heavy (non-hydrogen) atoms. The zero-order valence-electron chi connectivity index (χ0n) is 6.19. The van der Waals surface area contributed by atoms with Gasteiger partial charge in [-0.1, -0.05) is 0 Å². The molecule has 0 aromatic heterocycles. The average molecular weight is 232 g/mol. The lowest BCUT2D eigenvalue weighted by atomic mass is 10.3. The first-order chi connectivity index (χ1) is 6.45. The first-order valence-corrected chi connectivity index (χ1v) is 3.52. The van der Waals surface area contributed by atoms with Crippen molar-refractivity contribution >= 4 is 11.6 Å². The van der Waals surface area contributed by atoms with Gasteiger partial charge in [-0.2, -0.15) is 8.42 Å². The van der Waals surface area contributed by atoms with Gasteiger partial charge in [0.05, 0.1) is 0 Å². The molecule has 1 rings (SSSR count). The second-order valence-corrected chi connectivity index (χ2v) is 1.99. The van der Waals surface area contributed by atoms with E-state index in [9.17, 15) is 22.0 Å². The minimum Gasteiger partial charge on any atom is -0.204 e. The predicted molar refractivity (Wildman–Crippen MR) is 35.2 cm³/mol. The molecule has 1 aromatic carbocycles. The Morgan fingerprint density at radius 1 is 0.786 bits per heavy atom. The summed E-state index contributed by atoms with van der Waals surface area (Å²) in [6.45, 7) is 0. The van der Waals surface area contributed by atoms with Crippen LogP contribution in [0.15, 0.2) is 6.07 Å². The summed E-state index contributed by atoms with van der Waals surface area (Å²) in [5.41, 5.74) is 0. The van der Waals surface area contributed by atoms with E-state index in [-0.39, 0.29) is 6.07 Å². The van der Waals surface area contributed by atoms with Gasteiger partial charge in [-0.3, -0.25) is 0 Å². The summed E-state index contributed by atoms with van der Waals surface area (Å²) in [5.74, 6) is -9.65. The topological polar surface area (TPSA) is 34.1 Å². The number of benzene rings is 1. The molecule has 0 aliphatic heterocycles. The molecule has 0 saturated carbocycles. The maximum absolute atomic E-state index is 12.0. The molecule has 0 amide bonds. The second kappa shape index (κ2) is 5.43. The molecule has 0 bridgehead atoms. The number of rotatable bonds is 0. The minimum atomic E-state index is -2.14. The van der Waals surface area contributed by atoms with Crippen LogP contribution in [-0.4, -0.2) is 8.42 Å². The molecule has 1 aromatic rings. The van der Waals surface area contributed by atoms with Gasteiger partial charge in [0.1, 0.15) is 0 Å². The highest BCUT2D eigenvalue weighted by Gasteiger charge is 2.18. The third kappa shape index (κ3) is 2.87. The summed E-state index contributed by atoms with van der Waals surface area (Å²) in [7, 11) is 0. The molecule has 0 radical (unpaired) electrons. The summed E-state index contributed by atoms with van der Waals surface area (Å²) in [5, 5.41) is 0. The molecule has 0 N–H and O–H groups in total. The van der Waals surface area contributed by atoms with E-state index in [1.54, 1.807) is 0 Å². The Labute approximate surface area is 78.0 Å². The van der Waals surface area contributed by atoms with Crippen LogP contribution in [0.4, 0.5) is 22.0 Å². The predicted octanol–water partition coefficient (Wildman–Crippen LogP) is 1.71. The average Bonchev–Trinajstić information content (AvgIpc) is 2.13. The van der Waals surface area contributed by atoms with E-state index in [4.69, 9.17) is 8.42 Å². The summed E-state index contributed by atoms with van der Waals surface area (Å²) >= 11 is -0.750. The molecule has 2 nitrogen and oxygen atoms in total. The zero-order valence-corrected chi connectivity index (χ0v) is 7.01. The van der Waals surface area contributed by atoms with Crippen LogP contribution >= 0.6 is 0 Å². The zero-order chi connectivity index (χ0) is 11.3. The molecular weight excluding hydrogens is 231 g/mol. The maximum atomic E-state index is 12.0. The van der Waals surface area contributed by atoms with Gasteiger partial charge in [-0.15, -0.1) is 0 Å². The molecule has 78 valence electrons. The van der Waals surface area contributed by atoms with E-state index in [1.807, 2.05) is 0 Å².